The molecule has 83 valence electrons. The number of unbranched alkanes of at least 4 members (excludes halogenated alkanes) is 9. The maximum Gasteiger partial charge on any atom is 0 e. The van der Waals surface area contributed by atoms with E-state index in [4.69, 9.17) is 0 Å². The van der Waals surface area contributed by atoms with Crippen LogP contribution in [-0.2, 0) is 19.5 Å². The summed E-state index contributed by atoms with van der Waals surface area (Å²) in [5.74, 6) is 0. The molecule has 0 aliphatic rings. The van der Waals surface area contributed by atoms with E-state index in [1.54, 1.807) is 0 Å². The average Bonchev–Trinajstić information content (AvgIpc) is 2.10. The molecule has 0 amide bonds. The average molecular weight is 315 g/mol. The van der Waals surface area contributed by atoms with E-state index in [2.05, 4.69) is 13.8 Å². The van der Waals surface area contributed by atoms with Gasteiger partial charge in [-0.2, -0.15) is 0 Å². The Kier molecular flexibility index (Phi) is 28.8. The molecule has 0 heterocycles. The third-order valence-electron chi connectivity index (χ3n) is 2.35. The Morgan fingerprint density at radius 2 is 1.07 bits per heavy atom. The standard InChI is InChI=1S/C12H25.BrH.Zn/c1-3-5-7-9-11-12-10-8-6-4-2;;/h1,3-12H2,2H3;1H;/p-1. The number of hydrogen-bond acceptors (Lipinski definition) is 0. The van der Waals surface area contributed by atoms with Crippen molar-refractivity contribution < 1.29 is 36.5 Å². The van der Waals surface area contributed by atoms with Crippen LogP contribution in [0.1, 0.15) is 71.1 Å². The van der Waals surface area contributed by atoms with Crippen molar-refractivity contribution in [2.24, 2.45) is 0 Å². The molecule has 0 rings (SSSR count). The SMILES string of the molecule is [Br-].[CH2]CCCCCCCCCCC.[Zn]. The minimum absolute atomic E-state index is 0. The van der Waals surface area contributed by atoms with Gasteiger partial charge in [0.05, 0.1) is 0 Å². The molecule has 0 aromatic heterocycles. The summed E-state index contributed by atoms with van der Waals surface area (Å²) in [6, 6.07) is 0. The summed E-state index contributed by atoms with van der Waals surface area (Å²) < 4.78 is 0. The van der Waals surface area contributed by atoms with Gasteiger partial charge in [-0.05, 0) is 0 Å². The minimum atomic E-state index is 0. The molecule has 0 N–H and O–H groups in total. The van der Waals surface area contributed by atoms with Gasteiger partial charge < -0.3 is 17.0 Å². The maximum atomic E-state index is 3.84. The van der Waals surface area contributed by atoms with E-state index >= 15 is 0 Å². The monoisotopic (exact) mass is 312 g/mol. The van der Waals surface area contributed by atoms with Gasteiger partial charge in [0, 0.05) is 19.5 Å². The fourth-order valence-corrected chi connectivity index (χ4v) is 1.49. The van der Waals surface area contributed by atoms with Crippen molar-refractivity contribution in [3.8, 4) is 0 Å². The summed E-state index contributed by atoms with van der Waals surface area (Å²) in [5.41, 5.74) is 0. The summed E-state index contributed by atoms with van der Waals surface area (Å²) in [6.45, 7) is 6.12. The smallest absolute Gasteiger partial charge is 0 e. The molecule has 0 atom stereocenters. The number of hydrogen-bond donors (Lipinski definition) is 0. The molecule has 1 radical (unpaired) electrons. The summed E-state index contributed by atoms with van der Waals surface area (Å²) >= 11 is 0. The molecule has 0 bridgehead atoms. The van der Waals surface area contributed by atoms with Gasteiger partial charge >= 0.3 is 0 Å². The van der Waals surface area contributed by atoms with Crippen LogP contribution in [0.2, 0.25) is 0 Å². The van der Waals surface area contributed by atoms with Crippen molar-refractivity contribution in [2.75, 3.05) is 0 Å². The van der Waals surface area contributed by atoms with Crippen molar-refractivity contribution >= 4 is 0 Å². The van der Waals surface area contributed by atoms with Gasteiger partial charge in [0.2, 0.25) is 0 Å². The molecule has 0 aromatic rings. The zero-order valence-electron chi connectivity index (χ0n) is 9.86. The number of halogens is 1. The van der Waals surface area contributed by atoms with Crippen LogP contribution in [0.3, 0.4) is 0 Å². The molecule has 0 nitrogen and oxygen atoms in total. The quantitative estimate of drug-likeness (QED) is 0.449. The molecular formula is C12H25BrZn-. The second kappa shape index (κ2) is 19.6. The molecule has 0 aliphatic heterocycles. The Morgan fingerprint density at radius 1 is 0.714 bits per heavy atom. The predicted molar refractivity (Wildman–Crippen MR) is 57.2 cm³/mol. The van der Waals surface area contributed by atoms with Crippen LogP contribution in [0, 0.1) is 6.92 Å². The van der Waals surface area contributed by atoms with Crippen molar-refractivity contribution in [2.45, 2.75) is 71.1 Å². The fourth-order valence-electron chi connectivity index (χ4n) is 1.49. The van der Waals surface area contributed by atoms with Crippen LogP contribution in [0.25, 0.3) is 0 Å². The Labute approximate surface area is 114 Å². The third-order valence-corrected chi connectivity index (χ3v) is 2.35. The second-order valence-corrected chi connectivity index (χ2v) is 3.68. The fraction of sp³-hybridized carbons (Fsp3) is 0.917. The van der Waals surface area contributed by atoms with Crippen molar-refractivity contribution in [3.63, 3.8) is 0 Å². The number of rotatable bonds is 9. The summed E-state index contributed by atoms with van der Waals surface area (Å²) in [4.78, 5) is 0. The van der Waals surface area contributed by atoms with E-state index in [0.29, 0.717) is 0 Å². The molecule has 0 saturated carbocycles. The van der Waals surface area contributed by atoms with E-state index in [-0.39, 0.29) is 36.5 Å². The molecule has 14 heavy (non-hydrogen) atoms. The van der Waals surface area contributed by atoms with Gasteiger partial charge in [0.25, 0.3) is 0 Å². The first-order valence-corrected chi connectivity index (χ1v) is 5.71. The van der Waals surface area contributed by atoms with Crippen molar-refractivity contribution in [3.05, 3.63) is 6.92 Å². The molecule has 0 fully saturated rings. The van der Waals surface area contributed by atoms with Crippen molar-refractivity contribution in [1.82, 2.24) is 0 Å². The molecule has 0 saturated heterocycles. The molecule has 0 aromatic carbocycles. The summed E-state index contributed by atoms with van der Waals surface area (Å²) in [6.07, 6.45) is 13.9. The Balaban J connectivity index is -0.000000605. The van der Waals surface area contributed by atoms with E-state index in [9.17, 15) is 0 Å². The molecule has 2 heteroatoms. The summed E-state index contributed by atoms with van der Waals surface area (Å²) in [5, 5.41) is 0. The third kappa shape index (κ3) is 18.8. The predicted octanol–water partition coefficient (Wildman–Crippen LogP) is 1.74. The van der Waals surface area contributed by atoms with Crippen LogP contribution in [0.4, 0.5) is 0 Å². The van der Waals surface area contributed by atoms with Crippen LogP contribution in [0.15, 0.2) is 0 Å². The van der Waals surface area contributed by atoms with Gasteiger partial charge in [-0.15, -0.1) is 0 Å². The summed E-state index contributed by atoms with van der Waals surface area (Å²) in [7, 11) is 0. The topological polar surface area (TPSA) is 0 Å². The normalized spacial score (nSPS) is 9.00. The van der Waals surface area contributed by atoms with Crippen LogP contribution in [0.5, 0.6) is 0 Å². The molecule has 0 unspecified atom stereocenters. The van der Waals surface area contributed by atoms with E-state index < -0.39 is 0 Å². The first-order chi connectivity index (χ1) is 5.91. The zero-order valence-corrected chi connectivity index (χ0v) is 14.4. The van der Waals surface area contributed by atoms with E-state index in [1.807, 2.05) is 0 Å². The van der Waals surface area contributed by atoms with E-state index in [1.165, 1.54) is 57.8 Å². The maximum absolute atomic E-state index is 3.84. The Bertz CT molecular complexity index is 66.7. The molecule has 0 aliphatic carbocycles. The van der Waals surface area contributed by atoms with Gasteiger partial charge in [0.1, 0.15) is 0 Å². The van der Waals surface area contributed by atoms with Gasteiger partial charge in [-0.1, -0.05) is 78.1 Å². The van der Waals surface area contributed by atoms with Crippen molar-refractivity contribution in [1.29, 1.82) is 0 Å². The second-order valence-electron chi connectivity index (χ2n) is 3.68. The van der Waals surface area contributed by atoms with Crippen LogP contribution in [-0.4, -0.2) is 0 Å². The zero-order chi connectivity index (χ0) is 9.07. The first kappa shape index (κ1) is 20.5. The van der Waals surface area contributed by atoms with Gasteiger partial charge in [-0.25, -0.2) is 0 Å². The van der Waals surface area contributed by atoms with Crippen LogP contribution < -0.4 is 17.0 Å². The first-order valence-electron chi connectivity index (χ1n) is 5.71. The van der Waals surface area contributed by atoms with Crippen LogP contribution >= 0.6 is 0 Å². The largest absolute Gasteiger partial charge is 1.00 e. The van der Waals surface area contributed by atoms with Gasteiger partial charge in [-0.3, -0.25) is 0 Å². The van der Waals surface area contributed by atoms with Gasteiger partial charge in [0.15, 0.2) is 0 Å². The van der Waals surface area contributed by atoms with E-state index in [0.717, 1.165) is 6.42 Å². The molecule has 0 spiro atoms. The Morgan fingerprint density at radius 3 is 1.43 bits per heavy atom. The Hall–Kier alpha value is 1.10. The minimum Gasteiger partial charge on any atom is -1.00 e. The molecular weight excluding hydrogens is 289 g/mol.